The Morgan fingerprint density at radius 1 is 1.69 bits per heavy atom. The van der Waals surface area contributed by atoms with E-state index in [-0.39, 0.29) is 11.9 Å². The summed E-state index contributed by atoms with van der Waals surface area (Å²) in [5.74, 6) is -0.354. The van der Waals surface area contributed by atoms with Gasteiger partial charge in [-0.3, -0.25) is 4.79 Å². The number of nitriles is 1. The number of nitrogens with two attached hydrogens (primary N) is 1. The van der Waals surface area contributed by atoms with Crippen LogP contribution in [0.4, 0.5) is 0 Å². The summed E-state index contributed by atoms with van der Waals surface area (Å²) in [6, 6.07) is 1.90. The van der Waals surface area contributed by atoms with Crippen molar-refractivity contribution >= 4 is 5.91 Å². The van der Waals surface area contributed by atoms with Gasteiger partial charge in [0.1, 0.15) is 0 Å². The lowest BCUT2D eigenvalue weighted by Gasteiger charge is -2.22. The van der Waals surface area contributed by atoms with Gasteiger partial charge in [0.15, 0.2) is 0 Å². The smallest absolute Gasteiger partial charge is 0.224 e. The normalized spacial score (nSPS) is 13.4. The standard InChI is InChI=1S/C9H17N3O/c1-4-7(5-10)12-6-9(2,3)8(11)13/h7,12H,4,6H2,1-3H3,(H2,11,13). The Morgan fingerprint density at radius 2 is 2.23 bits per heavy atom. The molecule has 0 rings (SSSR count). The molecule has 74 valence electrons. The molecule has 0 aromatic heterocycles. The van der Waals surface area contributed by atoms with E-state index >= 15 is 0 Å². The molecule has 0 saturated carbocycles. The van der Waals surface area contributed by atoms with Crippen LogP contribution in [-0.4, -0.2) is 18.5 Å². The zero-order chi connectivity index (χ0) is 10.5. The summed E-state index contributed by atoms with van der Waals surface area (Å²) >= 11 is 0. The van der Waals surface area contributed by atoms with Crippen LogP contribution in [0, 0.1) is 16.7 Å². The van der Waals surface area contributed by atoms with Crippen LogP contribution in [0.25, 0.3) is 0 Å². The Morgan fingerprint density at radius 3 is 2.54 bits per heavy atom. The van der Waals surface area contributed by atoms with E-state index in [1.807, 2.05) is 6.92 Å². The van der Waals surface area contributed by atoms with E-state index in [9.17, 15) is 4.79 Å². The van der Waals surface area contributed by atoms with E-state index in [4.69, 9.17) is 11.0 Å². The molecule has 0 heterocycles. The molecule has 1 atom stereocenters. The minimum Gasteiger partial charge on any atom is -0.369 e. The Labute approximate surface area is 79.1 Å². The van der Waals surface area contributed by atoms with Crippen molar-refractivity contribution < 1.29 is 4.79 Å². The molecule has 0 saturated heterocycles. The molecule has 3 N–H and O–H groups in total. The van der Waals surface area contributed by atoms with E-state index in [2.05, 4.69) is 11.4 Å². The summed E-state index contributed by atoms with van der Waals surface area (Å²) in [5, 5.41) is 11.6. The first kappa shape index (κ1) is 11.9. The monoisotopic (exact) mass is 183 g/mol. The summed E-state index contributed by atoms with van der Waals surface area (Å²) in [6.07, 6.45) is 0.728. The topological polar surface area (TPSA) is 78.9 Å². The molecule has 0 bridgehead atoms. The summed E-state index contributed by atoms with van der Waals surface area (Å²) in [5.41, 5.74) is 4.58. The maximum Gasteiger partial charge on any atom is 0.224 e. The molecule has 0 radical (unpaired) electrons. The third-order valence-electron chi connectivity index (χ3n) is 2.02. The molecule has 0 aliphatic heterocycles. The van der Waals surface area contributed by atoms with Crippen LogP contribution >= 0.6 is 0 Å². The SMILES string of the molecule is CCC(C#N)NCC(C)(C)C(N)=O. The fourth-order valence-corrected chi connectivity index (χ4v) is 0.747. The van der Waals surface area contributed by atoms with Crippen molar-refractivity contribution in [2.45, 2.75) is 33.2 Å². The molecule has 0 aliphatic carbocycles. The van der Waals surface area contributed by atoms with Crippen molar-refractivity contribution in [2.75, 3.05) is 6.54 Å². The maximum atomic E-state index is 10.9. The molecule has 0 aromatic carbocycles. The van der Waals surface area contributed by atoms with E-state index in [1.165, 1.54) is 0 Å². The van der Waals surface area contributed by atoms with Crippen LogP contribution in [0.3, 0.4) is 0 Å². The molecule has 0 fully saturated rings. The zero-order valence-electron chi connectivity index (χ0n) is 8.42. The Kier molecular flexibility index (Phi) is 4.43. The zero-order valence-corrected chi connectivity index (χ0v) is 8.42. The lowest BCUT2D eigenvalue weighted by molar-refractivity contribution is -0.125. The summed E-state index contributed by atoms with van der Waals surface area (Å²) in [4.78, 5) is 10.9. The lowest BCUT2D eigenvalue weighted by atomic mass is 9.92. The second-order valence-corrected chi connectivity index (χ2v) is 3.72. The quantitative estimate of drug-likeness (QED) is 0.647. The molecule has 0 aromatic rings. The first-order valence-electron chi connectivity index (χ1n) is 4.37. The fourth-order valence-electron chi connectivity index (χ4n) is 0.747. The molecule has 0 aliphatic rings. The molecular formula is C9H17N3O. The average Bonchev–Trinajstić information content (AvgIpc) is 2.06. The first-order chi connectivity index (χ1) is 5.94. The van der Waals surface area contributed by atoms with Gasteiger partial charge in [-0.15, -0.1) is 0 Å². The highest BCUT2D eigenvalue weighted by Gasteiger charge is 2.25. The summed E-state index contributed by atoms with van der Waals surface area (Å²) in [6.45, 7) is 5.87. The van der Waals surface area contributed by atoms with E-state index in [1.54, 1.807) is 13.8 Å². The Hall–Kier alpha value is -1.08. The van der Waals surface area contributed by atoms with Crippen LogP contribution in [0.15, 0.2) is 0 Å². The molecule has 13 heavy (non-hydrogen) atoms. The number of carbonyl (C=O) groups is 1. The predicted molar refractivity (Wildman–Crippen MR) is 50.7 cm³/mol. The van der Waals surface area contributed by atoms with Crippen molar-refractivity contribution in [3.8, 4) is 6.07 Å². The Balaban J connectivity index is 4.02. The van der Waals surface area contributed by atoms with Crippen LogP contribution in [0.1, 0.15) is 27.2 Å². The van der Waals surface area contributed by atoms with E-state index in [0.717, 1.165) is 6.42 Å². The van der Waals surface area contributed by atoms with Gasteiger partial charge < -0.3 is 11.1 Å². The second-order valence-electron chi connectivity index (χ2n) is 3.72. The van der Waals surface area contributed by atoms with Crippen molar-refractivity contribution in [1.82, 2.24) is 5.32 Å². The van der Waals surface area contributed by atoms with Crippen LogP contribution in [-0.2, 0) is 4.79 Å². The van der Waals surface area contributed by atoms with Crippen LogP contribution in [0.2, 0.25) is 0 Å². The van der Waals surface area contributed by atoms with Crippen molar-refractivity contribution in [2.24, 2.45) is 11.1 Å². The molecule has 4 nitrogen and oxygen atoms in total. The van der Waals surface area contributed by atoms with Gasteiger partial charge in [-0.05, 0) is 20.3 Å². The van der Waals surface area contributed by atoms with Gasteiger partial charge in [0.25, 0.3) is 0 Å². The van der Waals surface area contributed by atoms with E-state index < -0.39 is 5.41 Å². The molecule has 0 spiro atoms. The molecular weight excluding hydrogens is 166 g/mol. The number of hydrogen-bond acceptors (Lipinski definition) is 3. The third-order valence-corrected chi connectivity index (χ3v) is 2.02. The van der Waals surface area contributed by atoms with Gasteiger partial charge in [-0.2, -0.15) is 5.26 Å². The fraction of sp³-hybridized carbons (Fsp3) is 0.778. The maximum absolute atomic E-state index is 10.9. The van der Waals surface area contributed by atoms with Gasteiger partial charge >= 0.3 is 0 Å². The number of amides is 1. The van der Waals surface area contributed by atoms with Crippen LogP contribution in [0.5, 0.6) is 0 Å². The first-order valence-corrected chi connectivity index (χ1v) is 4.37. The van der Waals surface area contributed by atoms with Crippen molar-refractivity contribution in [3.63, 3.8) is 0 Å². The molecule has 4 heteroatoms. The van der Waals surface area contributed by atoms with Crippen molar-refractivity contribution in [3.05, 3.63) is 0 Å². The summed E-state index contributed by atoms with van der Waals surface area (Å²) in [7, 11) is 0. The van der Waals surface area contributed by atoms with Gasteiger partial charge in [-0.1, -0.05) is 6.92 Å². The predicted octanol–water partition coefficient (Wildman–Crippen LogP) is 0.390. The van der Waals surface area contributed by atoms with Gasteiger partial charge in [0.05, 0.1) is 17.5 Å². The van der Waals surface area contributed by atoms with Crippen molar-refractivity contribution in [1.29, 1.82) is 5.26 Å². The lowest BCUT2D eigenvalue weighted by Crippen LogP contribution is -2.43. The van der Waals surface area contributed by atoms with Gasteiger partial charge in [-0.25, -0.2) is 0 Å². The number of carbonyl (C=O) groups excluding carboxylic acids is 1. The minimum absolute atomic E-state index is 0.196. The third kappa shape index (κ3) is 3.90. The second kappa shape index (κ2) is 4.83. The molecule has 1 amide bonds. The number of primary amides is 1. The van der Waals surface area contributed by atoms with Gasteiger partial charge in [0.2, 0.25) is 5.91 Å². The van der Waals surface area contributed by atoms with Crippen LogP contribution < -0.4 is 11.1 Å². The number of hydrogen-bond donors (Lipinski definition) is 2. The average molecular weight is 183 g/mol. The number of nitrogens with one attached hydrogen (secondary N) is 1. The number of nitrogens with zero attached hydrogens (tertiary/aromatic N) is 1. The molecule has 1 unspecified atom stereocenters. The highest BCUT2D eigenvalue weighted by atomic mass is 16.1. The number of rotatable bonds is 5. The van der Waals surface area contributed by atoms with E-state index in [0.29, 0.717) is 6.54 Å². The summed E-state index contributed by atoms with van der Waals surface area (Å²) < 4.78 is 0. The highest BCUT2D eigenvalue weighted by Crippen LogP contribution is 2.12. The Bertz CT molecular complexity index is 217. The van der Waals surface area contributed by atoms with Gasteiger partial charge in [0, 0.05) is 6.54 Å². The highest BCUT2D eigenvalue weighted by molar-refractivity contribution is 5.80. The largest absolute Gasteiger partial charge is 0.369 e. The minimum atomic E-state index is -0.593.